The third-order valence-corrected chi connectivity index (χ3v) is 3.92. The topological polar surface area (TPSA) is 23.5 Å². The number of anilines is 1. The Labute approximate surface area is 114 Å². The van der Waals surface area contributed by atoms with Crippen molar-refractivity contribution < 1.29 is 5.11 Å². The van der Waals surface area contributed by atoms with Crippen molar-refractivity contribution in [1.29, 1.82) is 0 Å². The summed E-state index contributed by atoms with van der Waals surface area (Å²) in [5.74, 6) is 0.336. The van der Waals surface area contributed by atoms with Crippen molar-refractivity contribution in [3.05, 3.63) is 59.7 Å². The molecule has 1 heterocycles. The van der Waals surface area contributed by atoms with Gasteiger partial charge in [0.1, 0.15) is 5.75 Å². The molecule has 1 unspecified atom stereocenters. The van der Waals surface area contributed by atoms with Crippen LogP contribution in [0.4, 0.5) is 5.69 Å². The Hall–Kier alpha value is -1.96. The number of rotatable bonds is 3. The van der Waals surface area contributed by atoms with Crippen LogP contribution in [0.1, 0.15) is 18.1 Å². The lowest BCUT2D eigenvalue weighted by atomic mass is 10.1. The van der Waals surface area contributed by atoms with E-state index in [-0.39, 0.29) is 0 Å². The summed E-state index contributed by atoms with van der Waals surface area (Å²) in [4.78, 5) is 2.49. The molecule has 3 rings (SSSR count). The fourth-order valence-electron chi connectivity index (χ4n) is 2.90. The summed E-state index contributed by atoms with van der Waals surface area (Å²) in [7, 11) is 0. The SMILES string of the molecule is CC(Cc1ccc(O)cc1)N1CCc2ccccc21. The molecule has 1 N–H and O–H groups in total. The summed E-state index contributed by atoms with van der Waals surface area (Å²) in [5, 5.41) is 9.32. The predicted molar refractivity (Wildman–Crippen MR) is 78.8 cm³/mol. The van der Waals surface area contributed by atoms with Crippen molar-refractivity contribution in [2.24, 2.45) is 0 Å². The number of phenolic OH excluding ortho intramolecular Hbond substituents is 1. The lowest BCUT2D eigenvalue weighted by Gasteiger charge is -2.27. The molecule has 0 radical (unpaired) electrons. The van der Waals surface area contributed by atoms with E-state index in [2.05, 4.69) is 36.1 Å². The lowest BCUT2D eigenvalue weighted by molar-refractivity contribution is 0.475. The van der Waals surface area contributed by atoms with Crippen molar-refractivity contribution >= 4 is 5.69 Å². The largest absolute Gasteiger partial charge is 0.508 e. The number of hydrogen-bond acceptors (Lipinski definition) is 2. The molecule has 2 aromatic rings. The molecule has 2 aromatic carbocycles. The fourth-order valence-corrected chi connectivity index (χ4v) is 2.90. The molecule has 0 saturated carbocycles. The van der Waals surface area contributed by atoms with Crippen LogP contribution in [0, 0.1) is 0 Å². The van der Waals surface area contributed by atoms with E-state index in [1.807, 2.05) is 12.1 Å². The first-order chi connectivity index (χ1) is 9.24. The Balaban J connectivity index is 1.75. The van der Waals surface area contributed by atoms with E-state index in [0.29, 0.717) is 11.8 Å². The molecule has 1 aliphatic rings. The smallest absolute Gasteiger partial charge is 0.115 e. The first-order valence-corrected chi connectivity index (χ1v) is 6.86. The van der Waals surface area contributed by atoms with Crippen LogP contribution >= 0.6 is 0 Å². The van der Waals surface area contributed by atoms with Gasteiger partial charge in [0.2, 0.25) is 0 Å². The second-order valence-electron chi connectivity index (χ2n) is 5.29. The quantitative estimate of drug-likeness (QED) is 0.906. The predicted octanol–water partition coefficient (Wildman–Crippen LogP) is 3.39. The number of fused-ring (bicyclic) bond motifs is 1. The van der Waals surface area contributed by atoms with Gasteiger partial charge in [-0.2, -0.15) is 0 Å². The summed E-state index contributed by atoms with van der Waals surface area (Å²) in [5.41, 5.74) is 4.11. The van der Waals surface area contributed by atoms with Gasteiger partial charge in [0.25, 0.3) is 0 Å². The highest BCUT2D eigenvalue weighted by Crippen LogP contribution is 2.30. The number of phenols is 1. The maximum Gasteiger partial charge on any atom is 0.115 e. The third kappa shape index (κ3) is 2.43. The first-order valence-electron chi connectivity index (χ1n) is 6.86. The zero-order chi connectivity index (χ0) is 13.2. The number of aromatic hydroxyl groups is 1. The van der Waals surface area contributed by atoms with E-state index >= 15 is 0 Å². The molecule has 0 fully saturated rings. The van der Waals surface area contributed by atoms with Gasteiger partial charge in [-0.3, -0.25) is 0 Å². The highest BCUT2D eigenvalue weighted by Gasteiger charge is 2.22. The maximum atomic E-state index is 9.32. The van der Waals surface area contributed by atoms with Gasteiger partial charge in [0.05, 0.1) is 0 Å². The highest BCUT2D eigenvalue weighted by atomic mass is 16.3. The molecule has 0 spiro atoms. The minimum atomic E-state index is 0.336. The van der Waals surface area contributed by atoms with Crippen LogP contribution < -0.4 is 4.90 Å². The summed E-state index contributed by atoms with van der Waals surface area (Å²) < 4.78 is 0. The molecular formula is C17H19NO. The standard InChI is InChI=1S/C17H19NO/c1-13(12-14-6-8-16(19)9-7-14)18-11-10-15-4-2-3-5-17(15)18/h2-9,13,19H,10-12H2,1H3. The second-order valence-corrected chi connectivity index (χ2v) is 5.29. The van der Waals surface area contributed by atoms with Crippen LogP contribution in [0.25, 0.3) is 0 Å². The zero-order valence-electron chi connectivity index (χ0n) is 11.2. The number of benzene rings is 2. The maximum absolute atomic E-state index is 9.32. The van der Waals surface area contributed by atoms with Crippen molar-refractivity contribution in [2.75, 3.05) is 11.4 Å². The van der Waals surface area contributed by atoms with Gasteiger partial charge in [0.15, 0.2) is 0 Å². The molecule has 0 aromatic heterocycles. The fraction of sp³-hybridized carbons (Fsp3) is 0.294. The zero-order valence-corrected chi connectivity index (χ0v) is 11.2. The molecule has 1 atom stereocenters. The third-order valence-electron chi connectivity index (χ3n) is 3.92. The van der Waals surface area contributed by atoms with Gasteiger partial charge < -0.3 is 10.0 Å². The van der Waals surface area contributed by atoms with Crippen molar-refractivity contribution in [1.82, 2.24) is 0 Å². The Morgan fingerprint density at radius 3 is 2.63 bits per heavy atom. The summed E-state index contributed by atoms with van der Waals surface area (Å²) in [6.45, 7) is 3.38. The molecule has 2 heteroatoms. The van der Waals surface area contributed by atoms with Gasteiger partial charge in [-0.1, -0.05) is 30.3 Å². The number of para-hydroxylation sites is 1. The highest BCUT2D eigenvalue weighted by molar-refractivity contribution is 5.58. The van der Waals surface area contributed by atoms with Crippen LogP contribution in [-0.2, 0) is 12.8 Å². The number of hydrogen-bond donors (Lipinski definition) is 1. The van der Waals surface area contributed by atoms with Crippen LogP contribution in [0.3, 0.4) is 0 Å². The van der Waals surface area contributed by atoms with Gasteiger partial charge in [0, 0.05) is 18.3 Å². The average Bonchev–Trinajstić information content (AvgIpc) is 2.85. The molecular weight excluding hydrogens is 234 g/mol. The van der Waals surface area contributed by atoms with E-state index < -0.39 is 0 Å². The van der Waals surface area contributed by atoms with Gasteiger partial charge in [-0.15, -0.1) is 0 Å². The van der Waals surface area contributed by atoms with E-state index in [4.69, 9.17) is 0 Å². The monoisotopic (exact) mass is 253 g/mol. The molecule has 2 nitrogen and oxygen atoms in total. The van der Waals surface area contributed by atoms with Gasteiger partial charge in [-0.25, -0.2) is 0 Å². The van der Waals surface area contributed by atoms with Gasteiger partial charge in [-0.05, 0) is 49.1 Å². The van der Waals surface area contributed by atoms with E-state index in [9.17, 15) is 5.11 Å². The molecule has 0 bridgehead atoms. The summed E-state index contributed by atoms with van der Waals surface area (Å²) >= 11 is 0. The molecule has 0 amide bonds. The number of nitrogens with zero attached hydrogens (tertiary/aromatic N) is 1. The first kappa shape index (κ1) is 12.1. The van der Waals surface area contributed by atoms with Crippen LogP contribution in [0.2, 0.25) is 0 Å². The van der Waals surface area contributed by atoms with Crippen molar-refractivity contribution in [3.8, 4) is 5.75 Å². The van der Waals surface area contributed by atoms with Crippen LogP contribution in [0.5, 0.6) is 5.75 Å². The Morgan fingerprint density at radius 1 is 1.11 bits per heavy atom. The van der Waals surface area contributed by atoms with Gasteiger partial charge >= 0.3 is 0 Å². The summed E-state index contributed by atoms with van der Waals surface area (Å²) in [6, 6.07) is 16.7. The normalized spacial score (nSPS) is 15.3. The molecule has 19 heavy (non-hydrogen) atoms. The minimum Gasteiger partial charge on any atom is -0.508 e. The van der Waals surface area contributed by atoms with Crippen molar-refractivity contribution in [2.45, 2.75) is 25.8 Å². The van der Waals surface area contributed by atoms with E-state index in [0.717, 1.165) is 19.4 Å². The Kier molecular flexibility index (Phi) is 3.16. The minimum absolute atomic E-state index is 0.336. The molecule has 1 aliphatic heterocycles. The second kappa shape index (κ2) is 4.96. The molecule has 98 valence electrons. The molecule has 0 saturated heterocycles. The Morgan fingerprint density at radius 2 is 1.84 bits per heavy atom. The molecule has 0 aliphatic carbocycles. The van der Waals surface area contributed by atoms with Crippen LogP contribution in [0.15, 0.2) is 48.5 Å². The summed E-state index contributed by atoms with van der Waals surface area (Å²) in [6.07, 6.45) is 2.16. The van der Waals surface area contributed by atoms with E-state index in [1.54, 1.807) is 12.1 Å². The van der Waals surface area contributed by atoms with Crippen molar-refractivity contribution in [3.63, 3.8) is 0 Å². The van der Waals surface area contributed by atoms with E-state index in [1.165, 1.54) is 16.8 Å². The Bertz CT molecular complexity index is 562. The average molecular weight is 253 g/mol. The van der Waals surface area contributed by atoms with Crippen LogP contribution in [-0.4, -0.2) is 17.7 Å². The lowest BCUT2D eigenvalue weighted by Crippen LogP contribution is -2.32.